The van der Waals surface area contributed by atoms with Crippen LogP contribution < -0.4 is 36.7 Å². The Morgan fingerprint density at radius 3 is 1.25 bits per heavy atom. The molecule has 7 N–H and O–H groups in total. The lowest BCUT2D eigenvalue weighted by Gasteiger charge is -2.00. The van der Waals surface area contributed by atoms with E-state index < -0.39 is 0 Å². The van der Waals surface area contributed by atoms with E-state index in [-0.39, 0.29) is 31.0 Å². The maximum Gasteiger partial charge on any atom is 0.0739 e. The molecule has 0 amide bonds. The number of rotatable bonds is 10. The van der Waals surface area contributed by atoms with E-state index in [1.807, 2.05) is 0 Å². The molecule has 0 aliphatic heterocycles. The lowest BCUT2D eigenvalue weighted by Crippen LogP contribution is -3.00. The summed E-state index contributed by atoms with van der Waals surface area (Å²) in [6.07, 6.45) is 14.2. The first-order chi connectivity index (χ1) is 6.41. The smallest absolute Gasteiger partial charge is 0.0739 e. The van der Waals surface area contributed by atoms with Gasteiger partial charge in [0.2, 0.25) is 0 Å². The molecular formula is C12H32Cl2N2. The average molecular weight is 275 g/mol. The van der Waals surface area contributed by atoms with Gasteiger partial charge in [-0.05, 0) is 12.8 Å². The molecule has 4 heteroatoms. The van der Waals surface area contributed by atoms with Gasteiger partial charge in [-0.15, -0.1) is 0 Å². The van der Waals surface area contributed by atoms with Crippen LogP contribution in [0, 0.1) is 0 Å². The van der Waals surface area contributed by atoms with E-state index in [0.29, 0.717) is 0 Å². The summed E-state index contributed by atoms with van der Waals surface area (Å²) in [6.45, 7) is 3.40. The SMILES string of the molecule is CCCCCCCCCCCC[NH3+].[Cl-].[Cl-].[NH4+]. The molecule has 0 aromatic rings. The molecule has 0 unspecified atom stereocenters. The van der Waals surface area contributed by atoms with Crippen molar-refractivity contribution in [2.24, 2.45) is 0 Å². The molecular weight excluding hydrogens is 243 g/mol. The van der Waals surface area contributed by atoms with Crippen LogP contribution in [-0.2, 0) is 0 Å². The molecule has 104 valence electrons. The van der Waals surface area contributed by atoms with Gasteiger partial charge in [0, 0.05) is 0 Å². The molecule has 0 atom stereocenters. The highest BCUT2D eigenvalue weighted by Gasteiger charge is 1.91. The number of unbranched alkanes of at least 4 members (excludes halogenated alkanes) is 9. The summed E-state index contributed by atoms with van der Waals surface area (Å²) in [5.74, 6) is 0. The highest BCUT2D eigenvalue weighted by Crippen LogP contribution is 2.09. The van der Waals surface area contributed by atoms with Gasteiger partial charge in [0.15, 0.2) is 0 Å². The van der Waals surface area contributed by atoms with E-state index in [4.69, 9.17) is 0 Å². The molecule has 0 spiro atoms. The Morgan fingerprint density at radius 2 is 0.938 bits per heavy atom. The standard InChI is InChI=1S/C12H27N.2ClH.H3N/c1-2-3-4-5-6-7-8-9-10-11-12-13;;;/h2-13H2,1H3;2*1H;1H3. The second-order valence-electron chi connectivity index (χ2n) is 4.04. The lowest BCUT2D eigenvalue weighted by atomic mass is 10.1. The Labute approximate surface area is 115 Å². The van der Waals surface area contributed by atoms with Crippen LogP contribution in [-0.4, -0.2) is 6.54 Å². The molecule has 0 heterocycles. The van der Waals surface area contributed by atoms with Crippen LogP contribution in [0.15, 0.2) is 0 Å². The summed E-state index contributed by atoms with van der Waals surface area (Å²) in [4.78, 5) is 0. The lowest BCUT2D eigenvalue weighted by molar-refractivity contribution is -0.368. The Kier molecular flexibility index (Phi) is 39.1. The summed E-state index contributed by atoms with van der Waals surface area (Å²) >= 11 is 0. The van der Waals surface area contributed by atoms with Gasteiger partial charge in [-0.3, -0.25) is 0 Å². The molecule has 0 saturated heterocycles. The van der Waals surface area contributed by atoms with E-state index in [9.17, 15) is 0 Å². The van der Waals surface area contributed by atoms with Crippen molar-refractivity contribution in [1.29, 1.82) is 0 Å². The number of halogens is 2. The van der Waals surface area contributed by atoms with Crippen molar-refractivity contribution in [3.05, 3.63) is 0 Å². The zero-order valence-electron chi connectivity index (χ0n) is 11.2. The van der Waals surface area contributed by atoms with Crippen LogP contribution in [0.3, 0.4) is 0 Å². The van der Waals surface area contributed by atoms with Gasteiger partial charge < -0.3 is 36.7 Å². The minimum absolute atomic E-state index is 0. The minimum Gasteiger partial charge on any atom is -1.00 e. The van der Waals surface area contributed by atoms with Crippen LogP contribution in [0.1, 0.15) is 71.1 Å². The molecule has 0 radical (unpaired) electrons. The minimum atomic E-state index is 0. The fourth-order valence-electron chi connectivity index (χ4n) is 1.66. The number of quaternary nitrogens is 2. The van der Waals surface area contributed by atoms with E-state index in [0.717, 1.165) is 6.54 Å². The first-order valence-corrected chi connectivity index (χ1v) is 6.21. The van der Waals surface area contributed by atoms with Crippen molar-refractivity contribution in [3.8, 4) is 0 Å². The Balaban J connectivity index is -0.000000240. The topological polar surface area (TPSA) is 64.1 Å². The molecule has 0 rings (SSSR count). The number of hydrogen-bond donors (Lipinski definition) is 2. The summed E-state index contributed by atoms with van der Waals surface area (Å²) in [7, 11) is 0. The monoisotopic (exact) mass is 274 g/mol. The molecule has 0 saturated carbocycles. The Hall–Kier alpha value is 0.500. The van der Waals surface area contributed by atoms with Crippen molar-refractivity contribution in [2.45, 2.75) is 71.1 Å². The third kappa shape index (κ3) is 24.0. The first-order valence-electron chi connectivity index (χ1n) is 6.21. The van der Waals surface area contributed by atoms with Crippen molar-refractivity contribution in [2.75, 3.05) is 6.54 Å². The third-order valence-electron chi connectivity index (χ3n) is 2.60. The van der Waals surface area contributed by atoms with Gasteiger partial charge in [0.25, 0.3) is 0 Å². The normalized spacial score (nSPS) is 8.62. The highest BCUT2D eigenvalue weighted by molar-refractivity contribution is 4.46. The van der Waals surface area contributed by atoms with Crippen LogP contribution in [0.25, 0.3) is 0 Å². The van der Waals surface area contributed by atoms with E-state index in [1.165, 1.54) is 64.2 Å². The summed E-state index contributed by atoms with van der Waals surface area (Å²) in [5.41, 5.74) is 3.85. The van der Waals surface area contributed by atoms with Gasteiger partial charge in [0.1, 0.15) is 0 Å². The highest BCUT2D eigenvalue weighted by atomic mass is 35.5. The van der Waals surface area contributed by atoms with Crippen LogP contribution in [0.2, 0.25) is 0 Å². The summed E-state index contributed by atoms with van der Waals surface area (Å²) in [5, 5.41) is 0. The molecule has 0 fully saturated rings. The van der Waals surface area contributed by atoms with Gasteiger partial charge in [-0.2, -0.15) is 0 Å². The van der Waals surface area contributed by atoms with E-state index in [2.05, 4.69) is 12.7 Å². The molecule has 0 aromatic heterocycles. The maximum atomic E-state index is 3.85. The molecule has 0 aromatic carbocycles. The third-order valence-corrected chi connectivity index (χ3v) is 2.60. The summed E-state index contributed by atoms with van der Waals surface area (Å²) in [6, 6.07) is 0. The van der Waals surface area contributed by atoms with Crippen molar-refractivity contribution >= 4 is 0 Å². The van der Waals surface area contributed by atoms with Crippen LogP contribution >= 0.6 is 0 Å². The van der Waals surface area contributed by atoms with Crippen molar-refractivity contribution in [1.82, 2.24) is 6.15 Å². The Bertz CT molecular complexity index is 83.1. The van der Waals surface area contributed by atoms with Gasteiger partial charge in [-0.1, -0.05) is 58.3 Å². The predicted octanol–water partition coefficient (Wildman–Crippen LogP) is -2.47. The molecule has 2 nitrogen and oxygen atoms in total. The van der Waals surface area contributed by atoms with Crippen molar-refractivity contribution in [3.63, 3.8) is 0 Å². The fourth-order valence-corrected chi connectivity index (χ4v) is 1.66. The second kappa shape index (κ2) is 24.6. The molecule has 0 bridgehead atoms. The van der Waals surface area contributed by atoms with Crippen molar-refractivity contribution < 1.29 is 30.5 Å². The second-order valence-corrected chi connectivity index (χ2v) is 4.04. The largest absolute Gasteiger partial charge is 1.00 e. The first kappa shape index (κ1) is 25.4. The van der Waals surface area contributed by atoms with Gasteiger partial charge >= 0.3 is 0 Å². The molecule has 16 heavy (non-hydrogen) atoms. The maximum absolute atomic E-state index is 3.85. The van der Waals surface area contributed by atoms with Gasteiger partial charge in [-0.25, -0.2) is 0 Å². The van der Waals surface area contributed by atoms with Crippen LogP contribution in [0.5, 0.6) is 0 Å². The summed E-state index contributed by atoms with van der Waals surface area (Å²) < 4.78 is 0. The zero-order chi connectivity index (χ0) is 9.78. The number of hydrogen-bond acceptors (Lipinski definition) is 0. The van der Waals surface area contributed by atoms with E-state index >= 15 is 0 Å². The fraction of sp³-hybridized carbons (Fsp3) is 1.00. The van der Waals surface area contributed by atoms with Gasteiger partial charge in [0.05, 0.1) is 6.54 Å². The zero-order valence-corrected chi connectivity index (χ0v) is 12.8. The quantitative estimate of drug-likeness (QED) is 0.415. The predicted molar refractivity (Wildman–Crippen MR) is 65.6 cm³/mol. The van der Waals surface area contributed by atoms with Crippen LogP contribution in [0.4, 0.5) is 0 Å². The van der Waals surface area contributed by atoms with E-state index in [1.54, 1.807) is 0 Å². The molecule has 0 aliphatic carbocycles. The average Bonchev–Trinajstić information content (AvgIpc) is 2.16. The Morgan fingerprint density at radius 1 is 0.625 bits per heavy atom. The molecule has 0 aliphatic rings.